The molecule has 0 bridgehead atoms. The summed E-state index contributed by atoms with van der Waals surface area (Å²) in [5.41, 5.74) is 1.14. The third-order valence-electron chi connectivity index (χ3n) is 4.45. The molecule has 7 heteroatoms. The maximum atomic E-state index is 12.7. The van der Waals surface area contributed by atoms with Gasteiger partial charge >= 0.3 is 5.97 Å². The van der Waals surface area contributed by atoms with E-state index in [2.05, 4.69) is 4.98 Å². The van der Waals surface area contributed by atoms with E-state index >= 15 is 0 Å². The van der Waals surface area contributed by atoms with E-state index in [1.54, 1.807) is 48.7 Å². The van der Waals surface area contributed by atoms with Crippen LogP contribution in [0.4, 0.5) is 0 Å². The molecule has 0 unspecified atom stereocenters. The third-order valence-corrected chi connectivity index (χ3v) is 4.45. The van der Waals surface area contributed by atoms with Gasteiger partial charge in [-0.2, -0.15) is 0 Å². The smallest absolute Gasteiger partial charge is 0.351 e. The number of nitrogens with zero attached hydrogens (tertiary/aromatic N) is 1. The van der Waals surface area contributed by atoms with E-state index < -0.39 is 5.97 Å². The zero-order valence-electron chi connectivity index (χ0n) is 16.2. The second-order valence-corrected chi connectivity index (χ2v) is 6.28. The normalized spacial score (nSPS) is 13.5. The van der Waals surface area contributed by atoms with Crippen LogP contribution in [0.5, 0.6) is 23.0 Å². The first-order valence-electron chi connectivity index (χ1n) is 9.03. The lowest BCUT2D eigenvalue weighted by atomic mass is 10.1. The highest BCUT2D eigenvalue weighted by atomic mass is 16.5. The minimum Gasteiger partial charge on any atom is -0.496 e. The van der Waals surface area contributed by atoms with Gasteiger partial charge in [0.2, 0.25) is 5.78 Å². The molecule has 0 saturated carbocycles. The summed E-state index contributed by atoms with van der Waals surface area (Å²) in [6.07, 6.45) is 3.19. The van der Waals surface area contributed by atoms with Crippen LogP contribution in [-0.4, -0.2) is 31.0 Å². The second-order valence-electron chi connectivity index (χ2n) is 6.28. The number of fused-ring (bicyclic) bond motifs is 1. The van der Waals surface area contributed by atoms with Gasteiger partial charge in [-0.1, -0.05) is 12.1 Å². The monoisotopic (exact) mass is 403 g/mol. The first-order chi connectivity index (χ1) is 14.6. The second kappa shape index (κ2) is 8.08. The molecule has 0 fully saturated rings. The summed E-state index contributed by atoms with van der Waals surface area (Å²) in [5.74, 6) is 0.412. The van der Waals surface area contributed by atoms with Crippen LogP contribution in [0.2, 0.25) is 0 Å². The van der Waals surface area contributed by atoms with E-state index in [-0.39, 0.29) is 22.9 Å². The highest BCUT2D eigenvalue weighted by Gasteiger charge is 2.28. The Morgan fingerprint density at radius 1 is 1.00 bits per heavy atom. The third kappa shape index (κ3) is 3.60. The standard InChI is InChI=1S/C23H17NO6/c1-27-17-7-5-8-18(28-2)21(17)23(26)29-15-9-10-16-19(13-15)30-20(22(16)25)12-14-6-3-4-11-24-14/h3-13H,1-2H3/b20-12-. The first-order valence-corrected chi connectivity index (χ1v) is 9.03. The molecule has 0 atom stereocenters. The van der Waals surface area contributed by atoms with Gasteiger partial charge in [0.1, 0.15) is 28.6 Å². The molecule has 7 nitrogen and oxygen atoms in total. The molecule has 0 N–H and O–H groups in total. The zero-order chi connectivity index (χ0) is 21.1. The molecule has 1 aliphatic heterocycles. The Kier molecular flexibility index (Phi) is 5.17. The molecular formula is C23H17NO6. The number of hydrogen-bond donors (Lipinski definition) is 0. The van der Waals surface area contributed by atoms with Crippen molar-refractivity contribution >= 4 is 17.8 Å². The molecule has 1 aromatic heterocycles. The minimum absolute atomic E-state index is 0.151. The number of carbonyl (C=O) groups is 2. The number of methoxy groups -OCH3 is 2. The van der Waals surface area contributed by atoms with Gasteiger partial charge in [-0.15, -0.1) is 0 Å². The van der Waals surface area contributed by atoms with Crippen LogP contribution in [0, 0.1) is 0 Å². The number of benzene rings is 2. The van der Waals surface area contributed by atoms with E-state index in [0.29, 0.717) is 28.5 Å². The molecule has 150 valence electrons. The van der Waals surface area contributed by atoms with E-state index in [0.717, 1.165) is 0 Å². The predicted octanol–water partition coefficient (Wildman–Crippen LogP) is 3.93. The van der Waals surface area contributed by atoms with E-state index in [4.69, 9.17) is 18.9 Å². The molecule has 3 aromatic rings. The Hall–Kier alpha value is -4.13. The van der Waals surface area contributed by atoms with Crippen molar-refractivity contribution < 1.29 is 28.5 Å². The molecule has 0 saturated heterocycles. The van der Waals surface area contributed by atoms with Crippen molar-refractivity contribution in [3.05, 3.63) is 83.4 Å². The van der Waals surface area contributed by atoms with Gasteiger partial charge in [-0.25, -0.2) is 4.79 Å². The number of Topliss-reactive ketones (excluding diaryl/α,β-unsaturated/α-hetero) is 1. The number of pyridine rings is 1. The van der Waals surface area contributed by atoms with Crippen LogP contribution in [0.15, 0.2) is 66.6 Å². The molecular weight excluding hydrogens is 386 g/mol. The van der Waals surface area contributed by atoms with Crippen molar-refractivity contribution in [3.8, 4) is 23.0 Å². The average molecular weight is 403 g/mol. The fourth-order valence-electron chi connectivity index (χ4n) is 3.04. The summed E-state index contributed by atoms with van der Waals surface area (Å²) < 4.78 is 21.6. The van der Waals surface area contributed by atoms with Gasteiger partial charge < -0.3 is 18.9 Å². The van der Waals surface area contributed by atoms with Gasteiger partial charge in [0.15, 0.2) is 5.76 Å². The molecule has 30 heavy (non-hydrogen) atoms. The highest BCUT2D eigenvalue weighted by Crippen LogP contribution is 2.36. The molecule has 0 radical (unpaired) electrons. The lowest BCUT2D eigenvalue weighted by molar-refractivity contribution is 0.0727. The van der Waals surface area contributed by atoms with Gasteiger partial charge in [0, 0.05) is 18.3 Å². The maximum Gasteiger partial charge on any atom is 0.351 e. The molecule has 1 aliphatic rings. The molecule has 2 heterocycles. The number of hydrogen-bond acceptors (Lipinski definition) is 7. The van der Waals surface area contributed by atoms with Crippen molar-refractivity contribution in [1.82, 2.24) is 4.98 Å². The molecule has 0 spiro atoms. The zero-order valence-corrected chi connectivity index (χ0v) is 16.2. The van der Waals surface area contributed by atoms with Gasteiger partial charge in [0.25, 0.3) is 0 Å². The van der Waals surface area contributed by atoms with Crippen molar-refractivity contribution in [2.45, 2.75) is 0 Å². The van der Waals surface area contributed by atoms with Gasteiger partial charge in [0.05, 0.1) is 25.5 Å². The quantitative estimate of drug-likeness (QED) is 0.362. The van der Waals surface area contributed by atoms with Crippen molar-refractivity contribution in [1.29, 1.82) is 0 Å². The van der Waals surface area contributed by atoms with E-state index in [1.807, 2.05) is 6.07 Å². The summed E-state index contributed by atoms with van der Waals surface area (Å²) in [5, 5.41) is 0. The van der Waals surface area contributed by atoms with Gasteiger partial charge in [-0.05, 0) is 36.4 Å². The van der Waals surface area contributed by atoms with Crippen LogP contribution in [0.3, 0.4) is 0 Å². The lowest BCUT2D eigenvalue weighted by Crippen LogP contribution is -2.12. The number of esters is 1. The number of ketones is 1. The number of ether oxygens (including phenoxy) is 4. The topological polar surface area (TPSA) is 84.0 Å². The summed E-state index contributed by atoms with van der Waals surface area (Å²) in [4.78, 5) is 29.5. The number of rotatable bonds is 5. The molecule has 2 aromatic carbocycles. The van der Waals surface area contributed by atoms with E-state index in [9.17, 15) is 9.59 Å². The Morgan fingerprint density at radius 3 is 2.43 bits per heavy atom. The number of aromatic nitrogens is 1. The van der Waals surface area contributed by atoms with Crippen LogP contribution in [0.25, 0.3) is 6.08 Å². The minimum atomic E-state index is -0.655. The number of allylic oxidation sites excluding steroid dienone is 1. The van der Waals surface area contributed by atoms with Crippen molar-refractivity contribution in [2.75, 3.05) is 14.2 Å². The fraction of sp³-hybridized carbons (Fsp3) is 0.0870. The average Bonchev–Trinajstić information content (AvgIpc) is 3.08. The largest absolute Gasteiger partial charge is 0.496 e. The Balaban J connectivity index is 1.59. The summed E-state index contributed by atoms with van der Waals surface area (Å²) in [6.45, 7) is 0. The maximum absolute atomic E-state index is 12.7. The fourth-order valence-corrected chi connectivity index (χ4v) is 3.04. The van der Waals surface area contributed by atoms with Crippen LogP contribution in [-0.2, 0) is 0 Å². The summed E-state index contributed by atoms with van der Waals surface area (Å²) >= 11 is 0. The molecule has 0 amide bonds. The van der Waals surface area contributed by atoms with Crippen molar-refractivity contribution in [3.63, 3.8) is 0 Å². The predicted molar refractivity (Wildman–Crippen MR) is 108 cm³/mol. The Morgan fingerprint density at radius 2 is 1.77 bits per heavy atom. The SMILES string of the molecule is COc1cccc(OC)c1C(=O)Oc1ccc2c(c1)O/C(=C\c1ccccn1)C2=O. The van der Waals surface area contributed by atoms with Gasteiger partial charge in [-0.3, -0.25) is 9.78 Å². The Labute approximate surface area is 172 Å². The summed E-state index contributed by atoms with van der Waals surface area (Å²) in [7, 11) is 2.91. The van der Waals surface area contributed by atoms with Crippen LogP contribution >= 0.6 is 0 Å². The van der Waals surface area contributed by atoms with Crippen LogP contribution < -0.4 is 18.9 Å². The first kappa shape index (κ1) is 19.2. The van der Waals surface area contributed by atoms with E-state index in [1.165, 1.54) is 26.4 Å². The van der Waals surface area contributed by atoms with Crippen LogP contribution in [0.1, 0.15) is 26.4 Å². The molecule has 0 aliphatic carbocycles. The van der Waals surface area contributed by atoms with Crippen molar-refractivity contribution in [2.24, 2.45) is 0 Å². The Bertz CT molecular complexity index is 1130. The molecule has 4 rings (SSSR count). The lowest BCUT2D eigenvalue weighted by Gasteiger charge is -2.12. The number of carbonyl (C=O) groups excluding carboxylic acids is 2. The highest BCUT2D eigenvalue weighted by molar-refractivity contribution is 6.14. The summed E-state index contributed by atoms with van der Waals surface area (Å²) in [6, 6.07) is 14.9.